The Balaban J connectivity index is 1.79. The lowest BCUT2D eigenvalue weighted by Gasteiger charge is -2.09. The third-order valence-corrected chi connectivity index (χ3v) is 5.65. The van der Waals surface area contributed by atoms with Crippen molar-refractivity contribution in [2.24, 2.45) is 0 Å². The number of hydrogen-bond donors (Lipinski definition) is 1. The lowest BCUT2D eigenvalue weighted by Crippen LogP contribution is -1.97. The molecule has 0 aliphatic rings. The van der Waals surface area contributed by atoms with E-state index in [0.717, 1.165) is 27.8 Å². The summed E-state index contributed by atoms with van der Waals surface area (Å²) in [5.74, 6) is 0.595. The summed E-state index contributed by atoms with van der Waals surface area (Å²) in [6, 6.07) is 13.0. The summed E-state index contributed by atoms with van der Waals surface area (Å²) in [6.45, 7) is 2.12. The van der Waals surface area contributed by atoms with Crippen LogP contribution in [0.15, 0.2) is 54.2 Å². The second-order valence-corrected chi connectivity index (χ2v) is 7.42. The number of nitro benzene ring substituents is 1. The summed E-state index contributed by atoms with van der Waals surface area (Å²) in [5, 5.41) is 17.4. The van der Waals surface area contributed by atoms with Crippen LogP contribution in [0.4, 0.5) is 17.2 Å². The maximum Gasteiger partial charge on any atom is 0.289 e. The molecule has 0 atom stereocenters. The lowest BCUT2D eigenvalue weighted by atomic mass is 10.0. The van der Waals surface area contributed by atoms with Gasteiger partial charge in [0.05, 0.1) is 10.3 Å². The van der Waals surface area contributed by atoms with Crippen molar-refractivity contribution in [2.75, 3.05) is 5.32 Å². The Morgan fingerprint density at radius 1 is 1.18 bits per heavy atom. The number of nitrogens with one attached hydrogen (secondary N) is 1. The summed E-state index contributed by atoms with van der Waals surface area (Å²) in [5.41, 5.74) is 3.75. The average molecular weight is 411 g/mol. The number of nitro groups is 1. The third-order valence-electron chi connectivity index (χ3n) is 4.45. The highest BCUT2D eigenvalue weighted by atomic mass is 35.5. The van der Waals surface area contributed by atoms with Gasteiger partial charge in [-0.3, -0.25) is 10.1 Å². The van der Waals surface area contributed by atoms with Crippen LogP contribution in [0.1, 0.15) is 12.5 Å². The molecule has 2 aromatic carbocycles. The molecule has 0 radical (unpaired) electrons. The number of aromatic nitrogens is 2. The minimum atomic E-state index is -0.506. The summed E-state index contributed by atoms with van der Waals surface area (Å²) >= 11 is 7.44. The maximum atomic E-state index is 11.2. The zero-order valence-corrected chi connectivity index (χ0v) is 16.4. The number of rotatable bonds is 5. The molecular weight excluding hydrogens is 396 g/mol. The Morgan fingerprint density at radius 2 is 1.96 bits per heavy atom. The molecule has 2 aromatic heterocycles. The monoisotopic (exact) mass is 410 g/mol. The standard InChI is InChI=1S/C20H15ClN4O2S/c1-2-12-3-5-13(6-4-12)15-10-28-20-18(15)19(22-11-23-20)24-14-7-8-16(21)17(9-14)25(26)27/h3-11H,2H2,1H3,(H,22,23,24). The van der Waals surface area contributed by atoms with Crippen molar-refractivity contribution in [3.8, 4) is 11.1 Å². The first-order valence-electron chi connectivity index (χ1n) is 8.59. The molecule has 6 nitrogen and oxygen atoms in total. The summed E-state index contributed by atoms with van der Waals surface area (Å²) in [6.07, 6.45) is 2.46. The Morgan fingerprint density at radius 3 is 2.68 bits per heavy atom. The van der Waals surface area contributed by atoms with Crippen molar-refractivity contribution in [3.05, 3.63) is 74.9 Å². The van der Waals surface area contributed by atoms with Gasteiger partial charge in [0.25, 0.3) is 5.69 Å². The number of benzene rings is 2. The number of thiophene rings is 1. The molecule has 0 aliphatic heterocycles. The van der Waals surface area contributed by atoms with Gasteiger partial charge >= 0.3 is 0 Å². The van der Waals surface area contributed by atoms with Crippen molar-refractivity contribution in [2.45, 2.75) is 13.3 Å². The van der Waals surface area contributed by atoms with Crippen LogP contribution in [0, 0.1) is 10.1 Å². The van der Waals surface area contributed by atoms with Crippen molar-refractivity contribution in [1.29, 1.82) is 0 Å². The van der Waals surface area contributed by atoms with E-state index in [0.29, 0.717) is 11.5 Å². The maximum absolute atomic E-state index is 11.2. The number of aryl methyl sites for hydroxylation is 1. The number of hydrogen-bond acceptors (Lipinski definition) is 6. The van der Waals surface area contributed by atoms with Crippen LogP contribution in [-0.4, -0.2) is 14.9 Å². The van der Waals surface area contributed by atoms with E-state index in [4.69, 9.17) is 11.6 Å². The molecule has 0 aliphatic carbocycles. The van der Waals surface area contributed by atoms with Gasteiger partial charge in [0.2, 0.25) is 0 Å². The lowest BCUT2D eigenvalue weighted by molar-refractivity contribution is -0.384. The first-order valence-corrected chi connectivity index (χ1v) is 9.85. The summed E-state index contributed by atoms with van der Waals surface area (Å²) in [7, 11) is 0. The molecular formula is C20H15ClN4O2S. The molecule has 2 heterocycles. The third kappa shape index (κ3) is 3.42. The molecule has 1 N–H and O–H groups in total. The van der Waals surface area contributed by atoms with E-state index in [-0.39, 0.29) is 10.7 Å². The molecule has 0 fully saturated rings. The van der Waals surface area contributed by atoms with Gasteiger partial charge in [-0.1, -0.05) is 42.8 Å². The minimum absolute atomic E-state index is 0.0932. The fourth-order valence-electron chi connectivity index (χ4n) is 2.97. The van der Waals surface area contributed by atoms with Gasteiger partial charge < -0.3 is 5.32 Å². The number of halogens is 1. The Bertz CT molecular complexity index is 1170. The zero-order chi connectivity index (χ0) is 19.7. The van der Waals surface area contributed by atoms with Crippen molar-refractivity contribution in [3.63, 3.8) is 0 Å². The topological polar surface area (TPSA) is 81.0 Å². The van der Waals surface area contributed by atoms with Crippen molar-refractivity contribution >= 4 is 50.3 Å². The van der Waals surface area contributed by atoms with E-state index in [2.05, 4.69) is 51.9 Å². The predicted octanol–water partition coefficient (Wildman–Crippen LogP) is 6.23. The van der Waals surface area contributed by atoms with Gasteiger partial charge in [-0.25, -0.2) is 9.97 Å². The Hall–Kier alpha value is -3.03. The molecule has 0 unspecified atom stereocenters. The smallest absolute Gasteiger partial charge is 0.289 e. The average Bonchev–Trinajstić information content (AvgIpc) is 3.14. The van der Waals surface area contributed by atoms with Gasteiger partial charge in [0, 0.05) is 22.7 Å². The molecule has 4 rings (SSSR count). The second kappa shape index (κ2) is 7.53. The SMILES string of the molecule is CCc1ccc(-c2csc3ncnc(Nc4ccc(Cl)c([N+](=O)[O-])c4)c23)cc1. The summed E-state index contributed by atoms with van der Waals surface area (Å²) < 4.78 is 0. The van der Waals surface area contributed by atoms with E-state index in [1.54, 1.807) is 6.07 Å². The molecule has 0 saturated carbocycles. The van der Waals surface area contributed by atoms with Crippen LogP contribution >= 0.6 is 22.9 Å². The van der Waals surface area contributed by atoms with Gasteiger partial charge in [0.15, 0.2) is 0 Å². The minimum Gasteiger partial charge on any atom is -0.339 e. The fourth-order valence-corrected chi connectivity index (χ4v) is 4.07. The zero-order valence-electron chi connectivity index (χ0n) is 14.8. The van der Waals surface area contributed by atoms with E-state index in [1.165, 1.54) is 35.4 Å². The van der Waals surface area contributed by atoms with Crippen LogP contribution in [0.2, 0.25) is 5.02 Å². The van der Waals surface area contributed by atoms with E-state index in [9.17, 15) is 10.1 Å². The molecule has 140 valence electrons. The van der Waals surface area contributed by atoms with Crippen LogP contribution < -0.4 is 5.32 Å². The predicted molar refractivity (Wildman–Crippen MR) is 114 cm³/mol. The molecule has 0 spiro atoms. The normalized spacial score (nSPS) is 10.9. The Labute approximate surface area is 170 Å². The fraction of sp³-hybridized carbons (Fsp3) is 0.100. The molecule has 28 heavy (non-hydrogen) atoms. The van der Waals surface area contributed by atoms with Crippen LogP contribution in [0.3, 0.4) is 0 Å². The van der Waals surface area contributed by atoms with Gasteiger partial charge in [-0.05, 0) is 29.7 Å². The van der Waals surface area contributed by atoms with E-state index in [1.807, 2.05) is 0 Å². The van der Waals surface area contributed by atoms with Crippen LogP contribution in [-0.2, 0) is 6.42 Å². The van der Waals surface area contributed by atoms with Gasteiger partial charge in [-0.2, -0.15) is 0 Å². The number of nitrogens with zero attached hydrogens (tertiary/aromatic N) is 3. The number of fused-ring (bicyclic) bond motifs is 1. The molecule has 0 saturated heterocycles. The highest BCUT2D eigenvalue weighted by Gasteiger charge is 2.16. The second-order valence-electron chi connectivity index (χ2n) is 6.15. The molecule has 8 heteroatoms. The Kier molecular flexibility index (Phi) is 4.93. The highest BCUT2D eigenvalue weighted by Crippen LogP contribution is 2.38. The highest BCUT2D eigenvalue weighted by molar-refractivity contribution is 7.17. The van der Waals surface area contributed by atoms with Gasteiger partial charge in [0.1, 0.15) is 22.0 Å². The molecule has 4 aromatic rings. The first-order chi connectivity index (χ1) is 13.6. The number of anilines is 2. The van der Waals surface area contributed by atoms with E-state index < -0.39 is 4.92 Å². The van der Waals surface area contributed by atoms with Crippen LogP contribution in [0.25, 0.3) is 21.3 Å². The largest absolute Gasteiger partial charge is 0.339 e. The van der Waals surface area contributed by atoms with Crippen LogP contribution in [0.5, 0.6) is 0 Å². The van der Waals surface area contributed by atoms with Crippen molar-refractivity contribution in [1.82, 2.24) is 9.97 Å². The summed E-state index contributed by atoms with van der Waals surface area (Å²) in [4.78, 5) is 20.2. The molecule has 0 amide bonds. The quantitative estimate of drug-likeness (QED) is 0.311. The first kappa shape index (κ1) is 18.3. The van der Waals surface area contributed by atoms with Crippen molar-refractivity contribution < 1.29 is 4.92 Å². The molecule has 0 bridgehead atoms. The van der Waals surface area contributed by atoms with Gasteiger partial charge in [-0.15, -0.1) is 11.3 Å². The van der Waals surface area contributed by atoms with E-state index >= 15 is 0 Å².